The Bertz CT molecular complexity index is 2930. The van der Waals surface area contributed by atoms with Crippen molar-refractivity contribution in [3.63, 3.8) is 0 Å². The minimum atomic E-state index is 0.716. The molecule has 57 heavy (non-hydrogen) atoms. The summed E-state index contributed by atoms with van der Waals surface area (Å²) in [7, 11) is 0. The normalized spacial score (nSPS) is 11.2. The molecular weight excluding hydrogens is 695 g/mol. The highest BCUT2D eigenvalue weighted by Gasteiger charge is 2.18. The van der Waals surface area contributed by atoms with Crippen LogP contribution in [0.25, 0.3) is 77.6 Å². The van der Waals surface area contributed by atoms with E-state index in [0.717, 1.165) is 94.7 Å². The SMILES string of the molecule is c1ccc(-c2cccc(-c3ccccc3)c2Nc2cc(Oc3cccc(-c4ccccc4)c3-c3ccccc3)cc(-c3ccc4oc5ccccc5c4c3)c2)cc1. The molecule has 0 aliphatic carbocycles. The van der Waals surface area contributed by atoms with Crippen molar-refractivity contribution in [3.05, 3.63) is 218 Å². The predicted octanol–water partition coefficient (Wildman–Crippen LogP) is 15.5. The maximum Gasteiger partial charge on any atom is 0.135 e. The van der Waals surface area contributed by atoms with Gasteiger partial charge in [0.2, 0.25) is 0 Å². The molecule has 9 aromatic carbocycles. The summed E-state index contributed by atoms with van der Waals surface area (Å²) >= 11 is 0. The Morgan fingerprint density at radius 2 is 0.895 bits per heavy atom. The van der Waals surface area contributed by atoms with Gasteiger partial charge < -0.3 is 14.5 Å². The Morgan fingerprint density at radius 1 is 0.351 bits per heavy atom. The molecule has 0 saturated carbocycles. The molecule has 1 aromatic heterocycles. The third-order valence-corrected chi connectivity index (χ3v) is 10.5. The first kappa shape index (κ1) is 33.9. The molecule has 0 atom stereocenters. The van der Waals surface area contributed by atoms with Gasteiger partial charge in [0.25, 0.3) is 0 Å². The van der Waals surface area contributed by atoms with Gasteiger partial charge in [-0.3, -0.25) is 0 Å². The van der Waals surface area contributed by atoms with Gasteiger partial charge in [0.1, 0.15) is 22.7 Å². The number of furan rings is 1. The number of anilines is 2. The molecule has 10 aromatic rings. The van der Waals surface area contributed by atoms with E-state index >= 15 is 0 Å². The van der Waals surface area contributed by atoms with Crippen LogP contribution in [0, 0.1) is 0 Å². The van der Waals surface area contributed by atoms with Crippen molar-refractivity contribution < 1.29 is 9.15 Å². The maximum atomic E-state index is 7.08. The van der Waals surface area contributed by atoms with Gasteiger partial charge in [-0.1, -0.05) is 176 Å². The minimum absolute atomic E-state index is 0.716. The predicted molar refractivity (Wildman–Crippen MR) is 237 cm³/mol. The van der Waals surface area contributed by atoms with Crippen LogP contribution in [-0.4, -0.2) is 0 Å². The van der Waals surface area contributed by atoms with E-state index in [1.807, 2.05) is 18.2 Å². The maximum absolute atomic E-state index is 7.08. The summed E-state index contributed by atoms with van der Waals surface area (Å²) in [6, 6.07) is 76.0. The van der Waals surface area contributed by atoms with Crippen molar-refractivity contribution in [2.45, 2.75) is 0 Å². The lowest BCUT2D eigenvalue weighted by atomic mass is 9.93. The summed E-state index contributed by atoms with van der Waals surface area (Å²) in [6.45, 7) is 0. The van der Waals surface area contributed by atoms with Gasteiger partial charge in [-0.05, 0) is 75.3 Å². The molecular formula is C54H37NO2. The van der Waals surface area contributed by atoms with Gasteiger partial charge in [0.15, 0.2) is 0 Å². The van der Waals surface area contributed by atoms with E-state index < -0.39 is 0 Å². The quantitative estimate of drug-likeness (QED) is 0.160. The second kappa shape index (κ2) is 14.9. The van der Waals surface area contributed by atoms with E-state index in [-0.39, 0.29) is 0 Å². The standard InChI is InChI=1S/C54H37NO2/c1-5-17-37(18-6-1)45-26-16-30-52(53(45)40-23-11-4-12-24-40)56-44-34-42(41-31-32-51-49(35-41)48-25-13-14-29-50(48)57-51)33-43(36-44)55-54-46(38-19-7-2-8-20-38)27-15-28-47(54)39-21-9-3-10-22-39/h1-36,55H. The van der Waals surface area contributed by atoms with Crippen molar-refractivity contribution in [2.24, 2.45) is 0 Å². The monoisotopic (exact) mass is 731 g/mol. The van der Waals surface area contributed by atoms with E-state index in [1.165, 1.54) is 0 Å². The van der Waals surface area contributed by atoms with Crippen LogP contribution in [0.1, 0.15) is 0 Å². The molecule has 0 spiro atoms. The van der Waals surface area contributed by atoms with Crippen LogP contribution in [0.4, 0.5) is 11.4 Å². The number of benzene rings is 9. The first-order chi connectivity index (χ1) is 28.2. The Labute approximate surface area is 332 Å². The molecule has 0 fully saturated rings. The van der Waals surface area contributed by atoms with Crippen LogP contribution in [0.5, 0.6) is 11.5 Å². The summed E-state index contributed by atoms with van der Waals surface area (Å²) < 4.78 is 13.3. The lowest BCUT2D eigenvalue weighted by Gasteiger charge is -2.20. The number of rotatable bonds is 9. The summed E-state index contributed by atoms with van der Waals surface area (Å²) in [5, 5.41) is 6.09. The number of hydrogen-bond acceptors (Lipinski definition) is 3. The highest BCUT2D eigenvalue weighted by molar-refractivity contribution is 6.06. The number of nitrogens with one attached hydrogen (secondary N) is 1. The largest absolute Gasteiger partial charge is 0.457 e. The number of ether oxygens (including phenoxy) is 1. The van der Waals surface area contributed by atoms with Crippen molar-refractivity contribution in [3.8, 4) is 67.1 Å². The van der Waals surface area contributed by atoms with Gasteiger partial charge >= 0.3 is 0 Å². The smallest absolute Gasteiger partial charge is 0.135 e. The van der Waals surface area contributed by atoms with Crippen molar-refractivity contribution in [2.75, 3.05) is 5.32 Å². The summed E-state index contributed by atoms with van der Waals surface area (Å²) in [5.41, 5.74) is 14.6. The highest BCUT2D eigenvalue weighted by atomic mass is 16.5. The van der Waals surface area contributed by atoms with Gasteiger partial charge in [-0.15, -0.1) is 0 Å². The highest BCUT2D eigenvalue weighted by Crippen LogP contribution is 2.44. The van der Waals surface area contributed by atoms with Gasteiger partial charge in [0.05, 0.1) is 5.69 Å². The minimum Gasteiger partial charge on any atom is -0.457 e. The van der Waals surface area contributed by atoms with E-state index in [0.29, 0.717) is 5.75 Å². The molecule has 10 rings (SSSR count). The number of hydrogen-bond donors (Lipinski definition) is 1. The molecule has 3 nitrogen and oxygen atoms in total. The fraction of sp³-hybridized carbons (Fsp3) is 0. The first-order valence-electron chi connectivity index (χ1n) is 19.2. The molecule has 270 valence electrons. The summed E-state index contributed by atoms with van der Waals surface area (Å²) in [5.74, 6) is 1.49. The van der Waals surface area contributed by atoms with Gasteiger partial charge in [-0.2, -0.15) is 0 Å². The molecule has 0 saturated heterocycles. The summed E-state index contributed by atoms with van der Waals surface area (Å²) in [6.07, 6.45) is 0. The molecule has 0 aliphatic rings. The molecule has 1 N–H and O–H groups in total. The fourth-order valence-electron chi connectivity index (χ4n) is 7.85. The topological polar surface area (TPSA) is 34.4 Å². The molecule has 1 heterocycles. The number of para-hydroxylation sites is 2. The molecule has 0 amide bonds. The van der Waals surface area contributed by atoms with E-state index in [1.54, 1.807) is 0 Å². The van der Waals surface area contributed by atoms with Crippen LogP contribution >= 0.6 is 0 Å². The van der Waals surface area contributed by atoms with E-state index in [4.69, 9.17) is 9.15 Å². The molecule has 0 unspecified atom stereocenters. The second-order valence-corrected chi connectivity index (χ2v) is 14.2. The Morgan fingerprint density at radius 3 is 1.56 bits per heavy atom. The third kappa shape index (κ3) is 6.73. The summed E-state index contributed by atoms with van der Waals surface area (Å²) in [4.78, 5) is 0. The zero-order valence-electron chi connectivity index (χ0n) is 31.1. The zero-order valence-corrected chi connectivity index (χ0v) is 31.1. The average Bonchev–Trinajstić information content (AvgIpc) is 3.66. The first-order valence-corrected chi connectivity index (χ1v) is 19.2. The van der Waals surface area contributed by atoms with Crippen molar-refractivity contribution >= 4 is 33.3 Å². The van der Waals surface area contributed by atoms with Crippen LogP contribution < -0.4 is 10.1 Å². The third-order valence-electron chi connectivity index (χ3n) is 10.5. The molecule has 0 radical (unpaired) electrons. The number of fused-ring (bicyclic) bond motifs is 3. The average molecular weight is 732 g/mol. The van der Waals surface area contributed by atoms with Crippen molar-refractivity contribution in [1.82, 2.24) is 0 Å². The molecule has 0 aliphatic heterocycles. The van der Waals surface area contributed by atoms with Crippen LogP contribution in [0.15, 0.2) is 223 Å². The van der Waals surface area contributed by atoms with Crippen LogP contribution in [0.3, 0.4) is 0 Å². The van der Waals surface area contributed by atoms with E-state index in [2.05, 4.69) is 206 Å². The molecule has 3 heteroatoms. The van der Waals surface area contributed by atoms with Crippen molar-refractivity contribution in [1.29, 1.82) is 0 Å². The fourth-order valence-corrected chi connectivity index (χ4v) is 7.85. The Hall–Kier alpha value is -7.62. The second-order valence-electron chi connectivity index (χ2n) is 14.2. The van der Waals surface area contributed by atoms with Crippen LogP contribution in [-0.2, 0) is 0 Å². The zero-order chi connectivity index (χ0) is 38.0. The Balaban J connectivity index is 1.16. The lowest BCUT2D eigenvalue weighted by Crippen LogP contribution is -1.98. The Kier molecular flexibility index (Phi) is 8.86. The van der Waals surface area contributed by atoms with Gasteiger partial charge in [0, 0.05) is 39.2 Å². The van der Waals surface area contributed by atoms with E-state index in [9.17, 15) is 0 Å². The van der Waals surface area contributed by atoms with Crippen LogP contribution in [0.2, 0.25) is 0 Å². The van der Waals surface area contributed by atoms with Gasteiger partial charge in [-0.25, -0.2) is 0 Å². The molecule has 0 bridgehead atoms. The lowest BCUT2D eigenvalue weighted by molar-refractivity contribution is 0.485.